The van der Waals surface area contributed by atoms with Gasteiger partial charge < -0.3 is 19.5 Å². The molecule has 0 saturated carbocycles. The van der Waals surface area contributed by atoms with Crippen LogP contribution in [0.25, 0.3) is 5.00 Å². The molecule has 6 rings (SSSR count). The molecule has 0 bridgehead atoms. The first-order valence-electron chi connectivity index (χ1n) is 11.9. The van der Waals surface area contributed by atoms with E-state index >= 15 is 0 Å². The first-order chi connectivity index (χ1) is 17.1. The van der Waals surface area contributed by atoms with Crippen LogP contribution < -0.4 is 10.1 Å². The molecule has 3 heterocycles. The van der Waals surface area contributed by atoms with Crippen molar-refractivity contribution in [3.05, 3.63) is 99.1 Å². The fraction of sp³-hybridized carbons (Fsp3) is 0.250. The number of nitrogens with one attached hydrogen (secondary N) is 1. The van der Waals surface area contributed by atoms with Crippen molar-refractivity contribution >= 4 is 34.7 Å². The second-order valence-electron chi connectivity index (χ2n) is 9.04. The number of hydrogen-bond donors (Lipinski definition) is 1. The highest BCUT2D eigenvalue weighted by atomic mass is 35.5. The summed E-state index contributed by atoms with van der Waals surface area (Å²) in [6.45, 7) is 0.555. The van der Waals surface area contributed by atoms with Gasteiger partial charge in [0.15, 0.2) is 0 Å². The van der Waals surface area contributed by atoms with Crippen molar-refractivity contribution in [3.63, 3.8) is 0 Å². The number of carbonyl (C=O) groups excluding carboxylic acids is 1. The van der Waals surface area contributed by atoms with Gasteiger partial charge in [-0.2, -0.15) is 0 Å². The van der Waals surface area contributed by atoms with Gasteiger partial charge in [0.2, 0.25) is 0 Å². The number of anilines is 1. The van der Waals surface area contributed by atoms with E-state index in [4.69, 9.17) is 16.3 Å². The van der Waals surface area contributed by atoms with Gasteiger partial charge in [-0.1, -0.05) is 23.7 Å². The Kier molecular flexibility index (Phi) is 5.78. The molecule has 1 N–H and O–H groups in total. The summed E-state index contributed by atoms with van der Waals surface area (Å²) in [6, 6.07) is 19.1. The van der Waals surface area contributed by atoms with E-state index in [1.165, 1.54) is 33.8 Å². The number of aromatic nitrogens is 1. The molecule has 7 heteroatoms. The maximum atomic E-state index is 13.9. The maximum absolute atomic E-state index is 13.9. The molecule has 5 nitrogen and oxygen atoms in total. The van der Waals surface area contributed by atoms with E-state index in [2.05, 4.69) is 40.3 Å². The molecule has 2 amide bonds. The third kappa shape index (κ3) is 4.01. The predicted octanol–water partition coefficient (Wildman–Crippen LogP) is 7.22. The summed E-state index contributed by atoms with van der Waals surface area (Å²) in [4.78, 5) is 17.3. The van der Waals surface area contributed by atoms with Crippen LogP contribution >= 0.6 is 22.9 Å². The molecule has 2 aromatic carbocycles. The van der Waals surface area contributed by atoms with E-state index in [1.54, 1.807) is 19.2 Å². The molecule has 178 valence electrons. The van der Waals surface area contributed by atoms with Gasteiger partial charge in [-0.15, -0.1) is 11.3 Å². The Morgan fingerprint density at radius 1 is 1.03 bits per heavy atom. The largest absolute Gasteiger partial charge is 0.497 e. The lowest BCUT2D eigenvalue weighted by molar-refractivity contribution is 0.194. The predicted molar refractivity (Wildman–Crippen MR) is 141 cm³/mol. The summed E-state index contributed by atoms with van der Waals surface area (Å²) >= 11 is 7.96. The van der Waals surface area contributed by atoms with Crippen LogP contribution in [0.4, 0.5) is 10.5 Å². The smallest absolute Gasteiger partial charge is 0.322 e. The molecule has 35 heavy (non-hydrogen) atoms. The number of carbonyl (C=O) groups is 1. The lowest BCUT2D eigenvalue weighted by Crippen LogP contribution is -2.38. The summed E-state index contributed by atoms with van der Waals surface area (Å²) in [7, 11) is 1.67. The molecule has 0 saturated heterocycles. The van der Waals surface area contributed by atoms with Gasteiger partial charge >= 0.3 is 6.03 Å². The van der Waals surface area contributed by atoms with Crippen LogP contribution in [0.15, 0.2) is 66.9 Å². The zero-order valence-corrected chi connectivity index (χ0v) is 21.0. The minimum atomic E-state index is -0.248. The normalized spacial score (nSPS) is 16.6. The quantitative estimate of drug-likeness (QED) is 0.321. The van der Waals surface area contributed by atoms with Gasteiger partial charge in [0, 0.05) is 27.3 Å². The van der Waals surface area contributed by atoms with E-state index in [1.807, 2.05) is 40.5 Å². The number of rotatable bonds is 3. The number of ether oxygens (including phenoxy) is 1. The van der Waals surface area contributed by atoms with Gasteiger partial charge in [0.25, 0.3) is 0 Å². The van der Waals surface area contributed by atoms with E-state index in [0.717, 1.165) is 35.5 Å². The van der Waals surface area contributed by atoms with Gasteiger partial charge in [-0.25, -0.2) is 4.79 Å². The van der Waals surface area contributed by atoms with Crippen LogP contribution in [0.2, 0.25) is 5.02 Å². The van der Waals surface area contributed by atoms with E-state index in [0.29, 0.717) is 11.6 Å². The average molecular weight is 504 g/mol. The third-order valence-corrected chi connectivity index (χ3v) is 8.55. The van der Waals surface area contributed by atoms with Crippen LogP contribution in [-0.4, -0.2) is 22.6 Å². The highest BCUT2D eigenvalue weighted by Gasteiger charge is 2.36. The van der Waals surface area contributed by atoms with E-state index < -0.39 is 0 Å². The summed E-state index contributed by atoms with van der Waals surface area (Å²) in [5, 5.41) is 5.00. The molecule has 0 spiro atoms. The van der Waals surface area contributed by atoms with Gasteiger partial charge in [0.05, 0.1) is 25.4 Å². The number of nitrogens with zero attached hydrogens (tertiary/aromatic N) is 2. The van der Waals surface area contributed by atoms with Crippen molar-refractivity contribution in [1.29, 1.82) is 0 Å². The average Bonchev–Trinajstić information content (AvgIpc) is 3.47. The Labute approximate surface area is 213 Å². The number of hydrogen-bond acceptors (Lipinski definition) is 3. The van der Waals surface area contributed by atoms with Crippen molar-refractivity contribution in [2.45, 2.75) is 38.3 Å². The van der Waals surface area contributed by atoms with Crippen LogP contribution in [0.1, 0.15) is 46.1 Å². The van der Waals surface area contributed by atoms with Crippen molar-refractivity contribution in [2.75, 3.05) is 12.4 Å². The van der Waals surface area contributed by atoms with Crippen molar-refractivity contribution < 1.29 is 9.53 Å². The summed E-state index contributed by atoms with van der Waals surface area (Å²) in [5.41, 5.74) is 5.57. The van der Waals surface area contributed by atoms with Gasteiger partial charge in [0.1, 0.15) is 10.8 Å². The number of thiophene rings is 1. The fourth-order valence-electron chi connectivity index (χ4n) is 5.25. The van der Waals surface area contributed by atoms with Gasteiger partial charge in [-0.3, -0.25) is 0 Å². The lowest BCUT2D eigenvalue weighted by atomic mass is 9.95. The Morgan fingerprint density at radius 2 is 1.80 bits per heavy atom. The molecule has 2 aliphatic rings. The van der Waals surface area contributed by atoms with Crippen LogP contribution in [0.5, 0.6) is 5.75 Å². The first-order valence-corrected chi connectivity index (χ1v) is 13.1. The minimum Gasteiger partial charge on any atom is -0.497 e. The Hall–Kier alpha value is -3.22. The number of aryl methyl sites for hydroxylation is 1. The lowest BCUT2D eigenvalue weighted by Gasteiger charge is -2.31. The Balaban J connectivity index is 1.48. The SMILES string of the molecule is COc1ccc([C@H]2c3cccn3-c3sc4c(c3CN2C(=O)Nc2ccc(Cl)cc2)CCCC4)cc1. The summed E-state index contributed by atoms with van der Waals surface area (Å²) in [5.74, 6) is 0.795. The molecule has 2 aromatic heterocycles. The molecule has 0 fully saturated rings. The van der Waals surface area contributed by atoms with Crippen LogP contribution in [-0.2, 0) is 19.4 Å². The molecule has 1 aliphatic carbocycles. The maximum Gasteiger partial charge on any atom is 0.322 e. The highest BCUT2D eigenvalue weighted by Crippen LogP contribution is 2.44. The molecule has 0 unspecified atom stereocenters. The molecule has 1 aliphatic heterocycles. The number of amides is 2. The molecular weight excluding hydrogens is 478 g/mol. The monoisotopic (exact) mass is 503 g/mol. The third-order valence-electron chi connectivity index (χ3n) is 6.97. The summed E-state index contributed by atoms with van der Waals surface area (Å²) in [6.07, 6.45) is 6.78. The number of urea groups is 1. The minimum absolute atomic E-state index is 0.135. The van der Waals surface area contributed by atoms with Crippen LogP contribution in [0, 0.1) is 0 Å². The molecule has 4 aromatic rings. The highest BCUT2D eigenvalue weighted by molar-refractivity contribution is 7.15. The van der Waals surface area contributed by atoms with E-state index in [-0.39, 0.29) is 12.1 Å². The molecule has 0 radical (unpaired) electrons. The summed E-state index contributed by atoms with van der Waals surface area (Å²) < 4.78 is 7.69. The van der Waals surface area contributed by atoms with E-state index in [9.17, 15) is 4.79 Å². The van der Waals surface area contributed by atoms with Crippen LogP contribution in [0.3, 0.4) is 0 Å². The topological polar surface area (TPSA) is 46.5 Å². The number of halogens is 1. The Morgan fingerprint density at radius 3 is 2.57 bits per heavy atom. The second kappa shape index (κ2) is 9.10. The Bertz CT molecular complexity index is 1370. The number of methoxy groups -OCH3 is 1. The second-order valence-corrected chi connectivity index (χ2v) is 10.6. The standard InChI is InChI=1S/C28H26ClN3O2S/c1-34-21-14-8-18(9-15-21)26-24-6-4-16-31(24)27-23(22-5-2-3-7-25(22)35-27)17-32(26)28(33)30-20-12-10-19(29)11-13-20/h4,6,8-16,26H,2-3,5,7,17H2,1H3,(H,30,33)/t26-/m0/s1. The van der Waals surface area contributed by atoms with Gasteiger partial charge in [-0.05, 0) is 85.3 Å². The molecule has 1 atom stereocenters. The van der Waals surface area contributed by atoms with Crippen molar-refractivity contribution in [1.82, 2.24) is 9.47 Å². The zero-order chi connectivity index (χ0) is 23.9. The first kappa shape index (κ1) is 22.3. The molecular formula is C28H26ClN3O2S. The number of benzene rings is 2. The zero-order valence-electron chi connectivity index (χ0n) is 19.5. The number of fused-ring (bicyclic) bond motifs is 5. The van der Waals surface area contributed by atoms with Crippen molar-refractivity contribution in [3.8, 4) is 10.8 Å². The van der Waals surface area contributed by atoms with Crippen molar-refractivity contribution in [2.24, 2.45) is 0 Å². The fourth-order valence-corrected chi connectivity index (χ4v) is 6.78.